The zero-order valence-corrected chi connectivity index (χ0v) is 21.7. The molecule has 0 spiro atoms. The number of ether oxygens (including phenoxy) is 1. The van der Waals surface area contributed by atoms with Gasteiger partial charge in [0.05, 0.1) is 18.0 Å². The number of benzene rings is 2. The van der Waals surface area contributed by atoms with E-state index in [-0.39, 0.29) is 12.6 Å². The molecule has 3 aromatic rings. The van der Waals surface area contributed by atoms with Crippen molar-refractivity contribution in [1.82, 2.24) is 14.6 Å². The summed E-state index contributed by atoms with van der Waals surface area (Å²) in [5, 5.41) is 0. The van der Waals surface area contributed by atoms with E-state index in [1.54, 1.807) is 13.3 Å². The maximum atomic E-state index is 13.3. The van der Waals surface area contributed by atoms with E-state index in [2.05, 4.69) is 31.6 Å². The summed E-state index contributed by atoms with van der Waals surface area (Å²) in [6, 6.07) is 15.7. The van der Waals surface area contributed by atoms with E-state index in [0.29, 0.717) is 4.90 Å². The van der Waals surface area contributed by atoms with Crippen LogP contribution in [0.3, 0.4) is 0 Å². The number of methoxy groups -OCH3 is 1. The van der Waals surface area contributed by atoms with E-state index in [1.165, 1.54) is 0 Å². The lowest BCUT2D eigenvalue weighted by molar-refractivity contribution is 0.186. The highest BCUT2D eigenvalue weighted by atomic mass is 32.2. The first-order chi connectivity index (χ1) is 16.8. The van der Waals surface area contributed by atoms with Crippen molar-refractivity contribution in [2.24, 2.45) is 0 Å². The van der Waals surface area contributed by atoms with Crippen molar-refractivity contribution in [3.8, 4) is 5.75 Å². The predicted molar refractivity (Wildman–Crippen MR) is 140 cm³/mol. The summed E-state index contributed by atoms with van der Waals surface area (Å²) in [6.45, 7) is 9.30. The van der Waals surface area contributed by atoms with E-state index in [9.17, 15) is 8.42 Å². The lowest BCUT2D eigenvalue weighted by Gasteiger charge is -2.40. The van der Waals surface area contributed by atoms with Crippen LogP contribution in [-0.2, 0) is 10.0 Å². The van der Waals surface area contributed by atoms with Gasteiger partial charge in [0.2, 0.25) is 10.0 Å². The SMILES string of the molecule is COc1ccc(N2CCN(C(CNS(=O)(=O)c3c(C)cc(C)cc3C)c3cccnc3)CC2)cc1. The van der Waals surface area contributed by atoms with Crippen LogP contribution in [0.4, 0.5) is 5.69 Å². The Hall–Kier alpha value is -2.94. The van der Waals surface area contributed by atoms with Crippen molar-refractivity contribution < 1.29 is 13.2 Å². The summed E-state index contributed by atoms with van der Waals surface area (Å²) in [7, 11) is -1.99. The van der Waals surface area contributed by atoms with Crippen LogP contribution in [0.25, 0.3) is 0 Å². The quantitative estimate of drug-likeness (QED) is 0.513. The van der Waals surface area contributed by atoms with Crippen LogP contribution in [0, 0.1) is 20.8 Å². The minimum absolute atomic E-state index is 0.109. The van der Waals surface area contributed by atoms with Gasteiger partial charge in [0.15, 0.2) is 0 Å². The number of piperazine rings is 1. The van der Waals surface area contributed by atoms with Crippen LogP contribution in [0.5, 0.6) is 5.75 Å². The number of pyridine rings is 1. The molecule has 0 aliphatic carbocycles. The van der Waals surface area contributed by atoms with Gasteiger partial charge in [-0.1, -0.05) is 23.8 Å². The molecule has 0 bridgehead atoms. The lowest BCUT2D eigenvalue weighted by Crippen LogP contribution is -2.50. The molecule has 1 N–H and O–H groups in total. The third-order valence-electron chi connectivity index (χ3n) is 6.60. The summed E-state index contributed by atoms with van der Waals surface area (Å²) in [4.78, 5) is 9.35. The Morgan fingerprint density at radius 3 is 2.23 bits per heavy atom. The van der Waals surface area contributed by atoms with E-state index in [1.807, 2.05) is 63.4 Å². The number of hydrogen-bond donors (Lipinski definition) is 1. The summed E-state index contributed by atoms with van der Waals surface area (Å²) in [6.07, 6.45) is 3.57. The van der Waals surface area contributed by atoms with Crippen molar-refractivity contribution in [2.75, 3.05) is 44.7 Å². The Morgan fingerprint density at radius 1 is 1.00 bits per heavy atom. The van der Waals surface area contributed by atoms with Gasteiger partial charge < -0.3 is 9.64 Å². The Balaban J connectivity index is 1.50. The standard InChI is InChI=1S/C27H34N4O3S/c1-20-16-21(2)27(22(3)17-20)35(32,33)29-19-26(23-6-5-11-28-18-23)31-14-12-30(13-15-31)24-7-9-25(34-4)10-8-24/h5-11,16-18,26,29H,12-15,19H2,1-4H3. The van der Waals surface area contributed by atoms with Crippen LogP contribution in [-0.4, -0.2) is 58.1 Å². The van der Waals surface area contributed by atoms with Crippen LogP contribution in [0.15, 0.2) is 65.8 Å². The highest BCUT2D eigenvalue weighted by Gasteiger charge is 2.28. The van der Waals surface area contributed by atoms with Crippen molar-refractivity contribution in [2.45, 2.75) is 31.7 Å². The Morgan fingerprint density at radius 2 is 1.66 bits per heavy atom. The average Bonchev–Trinajstić information content (AvgIpc) is 2.84. The number of aryl methyl sites for hydroxylation is 3. The second-order valence-electron chi connectivity index (χ2n) is 9.10. The van der Waals surface area contributed by atoms with Crippen LogP contribution >= 0.6 is 0 Å². The van der Waals surface area contributed by atoms with E-state index < -0.39 is 10.0 Å². The molecule has 0 radical (unpaired) electrons. The van der Waals surface area contributed by atoms with E-state index in [4.69, 9.17) is 4.74 Å². The zero-order valence-electron chi connectivity index (χ0n) is 20.9. The fraction of sp³-hybridized carbons (Fsp3) is 0.370. The maximum Gasteiger partial charge on any atom is 0.241 e. The van der Waals surface area contributed by atoms with Crippen molar-refractivity contribution in [3.05, 3.63) is 83.2 Å². The number of hydrogen-bond acceptors (Lipinski definition) is 6. The van der Waals surface area contributed by atoms with Crippen LogP contribution in [0.2, 0.25) is 0 Å². The van der Waals surface area contributed by atoms with Gasteiger partial charge in [-0.3, -0.25) is 9.88 Å². The molecule has 0 saturated carbocycles. The molecule has 1 fully saturated rings. The molecule has 35 heavy (non-hydrogen) atoms. The smallest absolute Gasteiger partial charge is 0.241 e. The first kappa shape index (κ1) is 25.2. The van der Waals surface area contributed by atoms with Crippen LogP contribution in [0.1, 0.15) is 28.3 Å². The van der Waals surface area contributed by atoms with Gasteiger partial charge in [0.25, 0.3) is 0 Å². The molecule has 8 heteroatoms. The summed E-state index contributed by atoms with van der Waals surface area (Å²) >= 11 is 0. The predicted octanol–water partition coefficient (Wildman–Crippen LogP) is 3.86. The molecular weight excluding hydrogens is 460 g/mol. The number of sulfonamides is 1. The summed E-state index contributed by atoms with van der Waals surface area (Å²) < 4.78 is 34.8. The Bertz CT molecular complexity index is 1220. The first-order valence-electron chi connectivity index (χ1n) is 11.9. The third-order valence-corrected chi connectivity index (χ3v) is 8.33. The molecule has 1 aromatic heterocycles. The molecule has 2 heterocycles. The Labute approximate surface area is 208 Å². The van der Waals surface area contributed by atoms with Gasteiger partial charge in [-0.2, -0.15) is 0 Å². The lowest BCUT2D eigenvalue weighted by atomic mass is 10.1. The molecule has 1 saturated heterocycles. The minimum atomic E-state index is -3.66. The largest absolute Gasteiger partial charge is 0.497 e. The maximum absolute atomic E-state index is 13.3. The summed E-state index contributed by atoms with van der Waals surface area (Å²) in [5.41, 5.74) is 4.75. The third kappa shape index (κ3) is 5.83. The second-order valence-corrected chi connectivity index (χ2v) is 10.8. The van der Waals surface area contributed by atoms with Gasteiger partial charge in [0, 0.05) is 50.8 Å². The van der Waals surface area contributed by atoms with E-state index in [0.717, 1.165) is 59.9 Å². The topological polar surface area (TPSA) is 74.8 Å². The molecule has 1 atom stereocenters. The van der Waals surface area contributed by atoms with E-state index >= 15 is 0 Å². The second kappa shape index (κ2) is 10.8. The number of nitrogens with zero attached hydrogens (tertiary/aromatic N) is 3. The molecule has 1 aliphatic heterocycles. The number of anilines is 1. The van der Waals surface area contributed by atoms with Crippen molar-refractivity contribution >= 4 is 15.7 Å². The zero-order chi connectivity index (χ0) is 25.0. The van der Waals surface area contributed by atoms with Gasteiger partial charge in [-0.15, -0.1) is 0 Å². The molecule has 186 valence electrons. The molecule has 1 unspecified atom stereocenters. The highest BCUT2D eigenvalue weighted by Crippen LogP contribution is 2.26. The van der Waals surface area contributed by atoms with Gasteiger partial charge in [-0.05, 0) is 67.8 Å². The molecule has 2 aromatic carbocycles. The van der Waals surface area contributed by atoms with Gasteiger partial charge in [-0.25, -0.2) is 13.1 Å². The van der Waals surface area contributed by atoms with Crippen molar-refractivity contribution in [3.63, 3.8) is 0 Å². The molecule has 1 aliphatic rings. The highest BCUT2D eigenvalue weighted by molar-refractivity contribution is 7.89. The fourth-order valence-corrected chi connectivity index (χ4v) is 6.45. The molecule has 7 nitrogen and oxygen atoms in total. The molecule has 0 amide bonds. The van der Waals surface area contributed by atoms with Crippen molar-refractivity contribution in [1.29, 1.82) is 0 Å². The minimum Gasteiger partial charge on any atom is -0.497 e. The number of aromatic nitrogens is 1. The van der Waals surface area contributed by atoms with Crippen LogP contribution < -0.4 is 14.4 Å². The molecule has 4 rings (SSSR count). The van der Waals surface area contributed by atoms with Gasteiger partial charge >= 0.3 is 0 Å². The van der Waals surface area contributed by atoms with Gasteiger partial charge in [0.1, 0.15) is 5.75 Å². The number of nitrogens with one attached hydrogen (secondary N) is 1. The fourth-order valence-electron chi connectivity index (χ4n) is 4.97. The normalized spacial score (nSPS) is 15.7. The summed E-state index contributed by atoms with van der Waals surface area (Å²) in [5.74, 6) is 0.843. The first-order valence-corrected chi connectivity index (χ1v) is 13.4. The average molecular weight is 495 g/mol. The number of rotatable bonds is 8. The Kier molecular flexibility index (Phi) is 7.74. The molecular formula is C27H34N4O3S. The monoisotopic (exact) mass is 494 g/mol.